The van der Waals surface area contributed by atoms with Gasteiger partial charge in [0.25, 0.3) is 0 Å². The fraction of sp³-hybridized carbons (Fsp3) is 0.182. The normalized spacial score (nSPS) is 11.3. The molecule has 3 heterocycles. The maximum Gasteiger partial charge on any atom is 0.143 e. The van der Waals surface area contributed by atoms with E-state index in [0.29, 0.717) is 0 Å². The summed E-state index contributed by atoms with van der Waals surface area (Å²) in [6, 6.07) is 14.9. The van der Waals surface area contributed by atoms with E-state index in [0.717, 1.165) is 21.6 Å². The molecule has 4 rings (SSSR count). The number of benzene rings is 1. The van der Waals surface area contributed by atoms with Crippen molar-refractivity contribution in [3.63, 3.8) is 0 Å². The Morgan fingerprint density at radius 1 is 0.731 bits per heavy atom. The lowest BCUT2D eigenvalue weighted by Crippen LogP contribution is -1.79. The van der Waals surface area contributed by atoms with Gasteiger partial charge < -0.3 is 4.42 Å². The van der Waals surface area contributed by atoms with Crippen LogP contribution in [-0.2, 0) is 0 Å². The molecule has 0 unspecified atom stereocenters. The van der Waals surface area contributed by atoms with Crippen molar-refractivity contribution >= 4 is 38.6 Å². The summed E-state index contributed by atoms with van der Waals surface area (Å²) in [5, 5.41) is 0. The molecular weight excluding hydrogens is 424 g/mol. The molecule has 0 saturated heterocycles. The summed E-state index contributed by atoms with van der Waals surface area (Å²) in [5.41, 5.74) is 4.73. The number of aryl methyl sites for hydroxylation is 4. The van der Waals surface area contributed by atoms with Gasteiger partial charge in [0.1, 0.15) is 11.5 Å². The van der Waals surface area contributed by atoms with Gasteiger partial charge in [-0.15, -0.1) is 22.7 Å². The van der Waals surface area contributed by atoms with Crippen LogP contribution in [-0.4, -0.2) is 0 Å². The monoisotopic (exact) mass is 442 g/mol. The zero-order valence-electron chi connectivity index (χ0n) is 15.1. The van der Waals surface area contributed by atoms with Crippen LogP contribution in [0.15, 0.2) is 51.4 Å². The number of furan rings is 1. The molecular formula is C22H19BrOS2. The van der Waals surface area contributed by atoms with Crippen molar-refractivity contribution in [3.8, 4) is 33.8 Å². The summed E-state index contributed by atoms with van der Waals surface area (Å²) in [4.78, 5) is 5.25. The van der Waals surface area contributed by atoms with E-state index < -0.39 is 0 Å². The highest BCUT2D eigenvalue weighted by Crippen LogP contribution is 2.45. The van der Waals surface area contributed by atoms with Gasteiger partial charge >= 0.3 is 0 Å². The SMILES string of the molecule is Cc1cc(-c2cc(-c3ccccc3Br)oc2-c2cc(C)sc2C)c(C)s1. The zero-order chi connectivity index (χ0) is 18.4. The third-order valence-corrected chi connectivity index (χ3v) is 7.11. The Hall–Kier alpha value is -1.62. The lowest BCUT2D eigenvalue weighted by atomic mass is 10.0. The molecule has 0 saturated carbocycles. The van der Waals surface area contributed by atoms with E-state index in [1.807, 2.05) is 34.8 Å². The molecule has 0 aliphatic rings. The minimum Gasteiger partial charge on any atom is -0.455 e. The molecule has 26 heavy (non-hydrogen) atoms. The topological polar surface area (TPSA) is 13.1 Å². The molecule has 1 aromatic carbocycles. The van der Waals surface area contributed by atoms with Gasteiger partial charge in [-0.3, -0.25) is 0 Å². The van der Waals surface area contributed by atoms with Gasteiger partial charge in [-0.25, -0.2) is 0 Å². The molecule has 0 bridgehead atoms. The summed E-state index contributed by atoms with van der Waals surface area (Å²) < 4.78 is 7.51. The molecule has 4 aromatic rings. The van der Waals surface area contributed by atoms with Gasteiger partial charge in [-0.2, -0.15) is 0 Å². The van der Waals surface area contributed by atoms with Crippen LogP contribution >= 0.6 is 38.6 Å². The highest BCUT2D eigenvalue weighted by molar-refractivity contribution is 9.10. The Morgan fingerprint density at radius 3 is 1.92 bits per heavy atom. The molecule has 3 aromatic heterocycles. The molecule has 0 aliphatic carbocycles. The molecule has 0 spiro atoms. The molecule has 1 nitrogen and oxygen atoms in total. The lowest BCUT2D eigenvalue weighted by molar-refractivity contribution is 0.597. The van der Waals surface area contributed by atoms with Gasteiger partial charge in [0.2, 0.25) is 0 Å². The Balaban J connectivity index is 1.98. The molecule has 0 fully saturated rings. The minimum absolute atomic E-state index is 0.897. The molecule has 4 heteroatoms. The van der Waals surface area contributed by atoms with Crippen LogP contribution in [0.2, 0.25) is 0 Å². The van der Waals surface area contributed by atoms with Crippen LogP contribution in [0, 0.1) is 27.7 Å². The maximum atomic E-state index is 6.46. The summed E-state index contributed by atoms with van der Waals surface area (Å²) in [5.74, 6) is 1.87. The number of hydrogen-bond donors (Lipinski definition) is 0. The number of hydrogen-bond acceptors (Lipinski definition) is 3. The summed E-state index contributed by atoms with van der Waals surface area (Å²) >= 11 is 7.32. The van der Waals surface area contributed by atoms with E-state index in [1.54, 1.807) is 0 Å². The van der Waals surface area contributed by atoms with Gasteiger partial charge in [-0.05, 0) is 57.5 Å². The van der Waals surface area contributed by atoms with Gasteiger partial charge in [0, 0.05) is 40.7 Å². The zero-order valence-corrected chi connectivity index (χ0v) is 18.4. The van der Waals surface area contributed by atoms with E-state index in [-0.39, 0.29) is 0 Å². The first kappa shape index (κ1) is 17.8. The van der Waals surface area contributed by atoms with E-state index in [4.69, 9.17) is 4.42 Å². The molecule has 0 aliphatic heterocycles. The third kappa shape index (κ3) is 3.11. The predicted octanol–water partition coefficient (Wildman–Crippen LogP) is 8.40. The van der Waals surface area contributed by atoms with Crippen molar-refractivity contribution in [1.29, 1.82) is 0 Å². The fourth-order valence-electron chi connectivity index (χ4n) is 3.34. The summed E-state index contributed by atoms with van der Waals surface area (Å²) in [6.45, 7) is 8.67. The first-order valence-electron chi connectivity index (χ1n) is 8.47. The Morgan fingerprint density at radius 2 is 1.35 bits per heavy atom. The molecule has 132 valence electrons. The van der Waals surface area contributed by atoms with Gasteiger partial charge in [0.15, 0.2) is 0 Å². The second kappa shape index (κ2) is 6.84. The average Bonchev–Trinajstić information content (AvgIpc) is 3.24. The molecule has 0 amide bonds. The van der Waals surface area contributed by atoms with Crippen LogP contribution in [0.4, 0.5) is 0 Å². The molecule has 0 radical (unpaired) electrons. The van der Waals surface area contributed by atoms with E-state index in [2.05, 4.69) is 74.0 Å². The van der Waals surface area contributed by atoms with Gasteiger partial charge in [-0.1, -0.05) is 34.1 Å². The maximum absolute atomic E-state index is 6.46. The summed E-state index contributed by atoms with van der Waals surface area (Å²) in [7, 11) is 0. The molecule has 0 atom stereocenters. The van der Waals surface area contributed by atoms with Crippen LogP contribution in [0.1, 0.15) is 19.5 Å². The van der Waals surface area contributed by atoms with Gasteiger partial charge in [0.05, 0.1) is 0 Å². The number of rotatable bonds is 3. The van der Waals surface area contributed by atoms with Crippen molar-refractivity contribution in [2.75, 3.05) is 0 Å². The second-order valence-electron chi connectivity index (χ2n) is 6.49. The first-order chi connectivity index (χ1) is 12.4. The van der Waals surface area contributed by atoms with Crippen LogP contribution in [0.3, 0.4) is 0 Å². The Labute approximate surface area is 170 Å². The quantitative estimate of drug-likeness (QED) is 0.310. The predicted molar refractivity (Wildman–Crippen MR) is 117 cm³/mol. The van der Waals surface area contributed by atoms with Crippen LogP contribution < -0.4 is 0 Å². The molecule has 0 N–H and O–H groups in total. The first-order valence-corrected chi connectivity index (χ1v) is 10.9. The van der Waals surface area contributed by atoms with Crippen molar-refractivity contribution < 1.29 is 4.42 Å². The fourth-order valence-corrected chi connectivity index (χ4v) is 5.68. The van der Waals surface area contributed by atoms with Crippen molar-refractivity contribution in [3.05, 3.63) is 66.4 Å². The van der Waals surface area contributed by atoms with Crippen LogP contribution in [0.25, 0.3) is 33.8 Å². The highest BCUT2D eigenvalue weighted by atomic mass is 79.9. The second-order valence-corrected chi connectivity index (χ2v) is 10.3. The van der Waals surface area contributed by atoms with Crippen molar-refractivity contribution in [2.24, 2.45) is 0 Å². The summed E-state index contributed by atoms with van der Waals surface area (Å²) in [6.07, 6.45) is 0. The number of thiophene rings is 2. The van der Waals surface area contributed by atoms with Crippen molar-refractivity contribution in [1.82, 2.24) is 0 Å². The minimum atomic E-state index is 0.897. The van der Waals surface area contributed by atoms with E-state index in [1.165, 1.54) is 36.2 Å². The Kier molecular flexibility index (Phi) is 4.68. The smallest absolute Gasteiger partial charge is 0.143 e. The van der Waals surface area contributed by atoms with Crippen LogP contribution in [0.5, 0.6) is 0 Å². The average molecular weight is 443 g/mol. The largest absolute Gasteiger partial charge is 0.455 e. The number of halogens is 1. The van der Waals surface area contributed by atoms with E-state index in [9.17, 15) is 0 Å². The van der Waals surface area contributed by atoms with E-state index >= 15 is 0 Å². The van der Waals surface area contributed by atoms with Crippen molar-refractivity contribution in [2.45, 2.75) is 27.7 Å². The highest BCUT2D eigenvalue weighted by Gasteiger charge is 2.21. The Bertz CT molecular complexity index is 1030. The lowest BCUT2D eigenvalue weighted by Gasteiger charge is -2.02. The standard InChI is InChI=1S/C22H19BrOS2/c1-12-9-17(14(3)25-12)19-11-21(16-7-5-6-8-20(16)23)24-22(19)18-10-13(2)26-15(18)4/h5-11H,1-4H3. The third-order valence-electron chi connectivity index (χ3n) is 4.49.